The van der Waals surface area contributed by atoms with Gasteiger partial charge in [-0.3, -0.25) is 9.59 Å². The lowest BCUT2D eigenvalue weighted by molar-refractivity contribution is -0.114. The number of benzene rings is 1. The summed E-state index contributed by atoms with van der Waals surface area (Å²) in [6.45, 7) is 6.46. The molecule has 0 bridgehead atoms. The Morgan fingerprint density at radius 3 is 2.44 bits per heavy atom. The van der Waals surface area contributed by atoms with Crippen LogP contribution in [-0.4, -0.2) is 45.9 Å². The SMILES string of the molecule is CC(=O)Nc1ccc(C(=O)N2CCCC(Oc3nc(C)cc(C)n3)C2)cc1. The van der Waals surface area contributed by atoms with Crippen LogP contribution in [0.1, 0.15) is 41.5 Å². The summed E-state index contributed by atoms with van der Waals surface area (Å²) in [4.78, 5) is 34.3. The minimum Gasteiger partial charge on any atom is -0.458 e. The molecule has 1 saturated heterocycles. The van der Waals surface area contributed by atoms with Crippen molar-refractivity contribution in [3.05, 3.63) is 47.3 Å². The van der Waals surface area contributed by atoms with E-state index >= 15 is 0 Å². The Labute approximate surface area is 158 Å². The summed E-state index contributed by atoms with van der Waals surface area (Å²) >= 11 is 0. The number of likely N-dealkylation sites (tertiary alicyclic amines) is 1. The highest BCUT2D eigenvalue weighted by molar-refractivity contribution is 5.95. The summed E-state index contributed by atoms with van der Waals surface area (Å²) in [5.41, 5.74) is 2.99. The maximum Gasteiger partial charge on any atom is 0.317 e. The van der Waals surface area contributed by atoms with Crippen molar-refractivity contribution in [2.24, 2.45) is 0 Å². The molecule has 0 saturated carbocycles. The van der Waals surface area contributed by atoms with Crippen LogP contribution in [-0.2, 0) is 4.79 Å². The minimum absolute atomic E-state index is 0.0426. The number of nitrogens with one attached hydrogen (secondary N) is 1. The topological polar surface area (TPSA) is 84.4 Å². The highest BCUT2D eigenvalue weighted by Crippen LogP contribution is 2.19. The Hall–Kier alpha value is -2.96. The second-order valence-corrected chi connectivity index (χ2v) is 6.83. The second-order valence-electron chi connectivity index (χ2n) is 6.83. The number of piperidine rings is 1. The molecule has 1 atom stereocenters. The standard InChI is InChI=1S/C20H24N4O3/c1-13-11-14(2)22-20(21-13)27-18-5-4-10-24(12-18)19(26)16-6-8-17(9-7-16)23-15(3)25/h6-9,11,18H,4-5,10,12H2,1-3H3,(H,23,25). The van der Waals surface area contributed by atoms with E-state index in [2.05, 4.69) is 15.3 Å². The Balaban J connectivity index is 1.64. The maximum atomic E-state index is 12.8. The predicted molar refractivity (Wildman–Crippen MR) is 102 cm³/mol. The van der Waals surface area contributed by atoms with Crippen LogP contribution >= 0.6 is 0 Å². The number of carbonyl (C=O) groups excluding carboxylic acids is 2. The van der Waals surface area contributed by atoms with E-state index in [1.807, 2.05) is 19.9 Å². The van der Waals surface area contributed by atoms with Gasteiger partial charge >= 0.3 is 6.01 Å². The van der Waals surface area contributed by atoms with Crippen LogP contribution in [0.5, 0.6) is 6.01 Å². The van der Waals surface area contributed by atoms with Gasteiger partial charge in [0.25, 0.3) is 5.91 Å². The lowest BCUT2D eigenvalue weighted by Gasteiger charge is -2.32. The van der Waals surface area contributed by atoms with Gasteiger partial charge in [0.1, 0.15) is 6.10 Å². The first-order valence-corrected chi connectivity index (χ1v) is 9.06. The molecule has 1 N–H and O–H groups in total. The monoisotopic (exact) mass is 368 g/mol. The number of carbonyl (C=O) groups is 2. The first-order chi connectivity index (χ1) is 12.9. The first-order valence-electron chi connectivity index (χ1n) is 9.06. The molecule has 0 spiro atoms. The smallest absolute Gasteiger partial charge is 0.317 e. The van der Waals surface area contributed by atoms with Crippen LogP contribution in [0, 0.1) is 13.8 Å². The molecule has 7 heteroatoms. The molecule has 1 aromatic carbocycles. The van der Waals surface area contributed by atoms with Gasteiger partial charge in [0.05, 0.1) is 6.54 Å². The lowest BCUT2D eigenvalue weighted by atomic mass is 10.1. The van der Waals surface area contributed by atoms with E-state index < -0.39 is 0 Å². The van der Waals surface area contributed by atoms with E-state index in [-0.39, 0.29) is 17.9 Å². The summed E-state index contributed by atoms with van der Waals surface area (Å²) in [6, 6.07) is 9.18. The van der Waals surface area contributed by atoms with Gasteiger partial charge in [-0.15, -0.1) is 0 Å². The van der Waals surface area contributed by atoms with Crippen molar-refractivity contribution >= 4 is 17.5 Å². The van der Waals surface area contributed by atoms with Gasteiger partial charge in [-0.2, -0.15) is 0 Å². The van der Waals surface area contributed by atoms with Gasteiger partial charge in [0, 0.05) is 36.1 Å². The van der Waals surface area contributed by atoms with Crippen LogP contribution in [0.25, 0.3) is 0 Å². The van der Waals surface area contributed by atoms with E-state index in [9.17, 15) is 9.59 Å². The summed E-state index contributed by atoms with van der Waals surface area (Å²) < 4.78 is 5.93. The number of hydrogen-bond acceptors (Lipinski definition) is 5. The Morgan fingerprint density at radius 1 is 1.15 bits per heavy atom. The molecule has 142 valence electrons. The molecule has 7 nitrogen and oxygen atoms in total. The van der Waals surface area contributed by atoms with Crippen molar-refractivity contribution in [2.75, 3.05) is 18.4 Å². The van der Waals surface area contributed by atoms with Crippen molar-refractivity contribution in [1.82, 2.24) is 14.9 Å². The average Bonchev–Trinajstić information content (AvgIpc) is 2.60. The highest BCUT2D eigenvalue weighted by Gasteiger charge is 2.26. The third-order valence-electron chi connectivity index (χ3n) is 4.35. The largest absolute Gasteiger partial charge is 0.458 e. The molecule has 2 amide bonds. The lowest BCUT2D eigenvalue weighted by Crippen LogP contribution is -2.44. The number of rotatable bonds is 4. The van der Waals surface area contributed by atoms with Gasteiger partial charge < -0.3 is 15.0 Å². The summed E-state index contributed by atoms with van der Waals surface area (Å²) in [5, 5.41) is 2.70. The van der Waals surface area contributed by atoms with E-state index in [0.717, 1.165) is 24.2 Å². The van der Waals surface area contributed by atoms with Crippen molar-refractivity contribution in [2.45, 2.75) is 39.7 Å². The average molecular weight is 368 g/mol. The predicted octanol–water partition coefficient (Wildman–Crippen LogP) is 2.74. The molecule has 1 aliphatic rings. The molecule has 2 aromatic rings. The molecule has 1 aliphatic heterocycles. The molecule has 1 aromatic heterocycles. The molecule has 27 heavy (non-hydrogen) atoms. The fourth-order valence-electron chi connectivity index (χ4n) is 3.20. The molecule has 0 radical (unpaired) electrons. The minimum atomic E-state index is -0.140. The Kier molecular flexibility index (Phi) is 5.69. The van der Waals surface area contributed by atoms with E-state index in [1.54, 1.807) is 29.2 Å². The number of hydrogen-bond donors (Lipinski definition) is 1. The molecule has 0 aliphatic carbocycles. The third kappa shape index (κ3) is 5.03. The Bertz CT molecular complexity index is 815. The zero-order chi connectivity index (χ0) is 19.4. The number of ether oxygens (including phenoxy) is 1. The molecular formula is C20H24N4O3. The fourth-order valence-corrected chi connectivity index (χ4v) is 3.20. The molecular weight excluding hydrogens is 344 g/mol. The second kappa shape index (κ2) is 8.16. The molecule has 2 heterocycles. The van der Waals surface area contributed by atoms with Crippen LogP contribution < -0.4 is 10.1 Å². The van der Waals surface area contributed by atoms with Gasteiger partial charge in [0.2, 0.25) is 5.91 Å². The van der Waals surface area contributed by atoms with Gasteiger partial charge in [-0.05, 0) is 57.0 Å². The van der Waals surface area contributed by atoms with Gasteiger partial charge in [-0.1, -0.05) is 0 Å². The maximum absolute atomic E-state index is 12.8. The third-order valence-corrected chi connectivity index (χ3v) is 4.35. The van der Waals surface area contributed by atoms with Crippen molar-refractivity contribution in [3.63, 3.8) is 0 Å². The van der Waals surface area contributed by atoms with E-state index in [4.69, 9.17) is 4.74 Å². The Morgan fingerprint density at radius 2 is 1.81 bits per heavy atom. The molecule has 1 unspecified atom stereocenters. The first kappa shape index (κ1) is 18.8. The zero-order valence-corrected chi connectivity index (χ0v) is 15.9. The number of aromatic nitrogens is 2. The number of nitrogens with zero attached hydrogens (tertiary/aromatic N) is 3. The van der Waals surface area contributed by atoms with Crippen LogP contribution in [0.3, 0.4) is 0 Å². The van der Waals surface area contributed by atoms with Crippen molar-refractivity contribution in [3.8, 4) is 6.01 Å². The number of amides is 2. The molecule has 1 fully saturated rings. The van der Waals surface area contributed by atoms with Crippen LogP contribution in [0.4, 0.5) is 5.69 Å². The van der Waals surface area contributed by atoms with E-state index in [0.29, 0.717) is 30.4 Å². The number of aryl methyl sites for hydroxylation is 2. The zero-order valence-electron chi connectivity index (χ0n) is 15.9. The van der Waals surface area contributed by atoms with Gasteiger partial charge in [-0.25, -0.2) is 9.97 Å². The summed E-state index contributed by atoms with van der Waals surface area (Å²) in [5.74, 6) is -0.183. The van der Waals surface area contributed by atoms with Crippen LogP contribution in [0.15, 0.2) is 30.3 Å². The van der Waals surface area contributed by atoms with Crippen molar-refractivity contribution in [1.29, 1.82) is 0 Å². The van der Waals surface area contributed by atoms with E-state index in [1.165, 1.54) is 6.92 Å². The summed E-state index contributed by atoms with van der Waals surface area (Å²) in [6.07, 6.45) is 1.61. The molecule has 3 rings (SSSR count). The fraction of sp³-hybridized carbons (Fsp3) is 0.400. The quantitative estimate of drug-likeness (QED) is 0.897. The van der Waals surface area contributed by atoms with Crippen LogP contribution in [0.2, 0.25) is 0 Å². The number of anilines is 1. The summed E-state index contributed by atoms with van der Waals surface area (Å²) in [7, 11) is 0. The van der Waals surface area contributed by atoms with Crippen molar-refractivity contribution < 1.29 is 14.3 Å². The van der Waals surface area contributed by atoms with Gasteiger partial charge in [0.15, 0.2) is 0 Å². The normalized spacial score (nSPS) is 16.7. The highest BCUT2D eigenvalue weighted by atomic mass is 16.5.